The Morgan fingerprint density at radius 3 is 2.18 bits per heavy atom. The molecule has 172 valence electrons. The summed E-state index contributed by atoms with van der Waals surface area (Å²) < 4.78 is 11.6. The third-order valence-corrected chi connectivity index (χ3v) is 6.86. The number of methoxy groups -OCH3 is 1. The van der Waals surface area contributed by atoms with E-state index in [-0.39, 0.29) is 30.4 Å². The average Bonchev–Trinajstić information content (AvgIpc) is 3.11. The van der Waals surface area contributed by atoms with Gasteiger partial charge in [0.25, 0.3) is 11.8 Å². The minimum atomic E-state index is -0.665. The number of hydrogen-bond donors (Lipinski definition) is 0. The van der Waals surface area contributed by atoms with Crippen LogP contribution in [0.5, 0.6) is 5.75 Å². The molecule has 1 saturated carbocycles. The second-order valence-corrected chi connectivity index (χ2v) is 8.94. The van der Waals surface area contributed by atoms with Crippen LogP contribution >= 0.6 is 0 Å². The molecular formula is C28H26N2O4. The lowest BCUT2D eigenvalue weighted by atomic mass is 9.95. The summed E-state index contributed by atoms with van der Waals surface area (Å²) in [5, 5.41) is 11.3. The number of nitrogens with zero attached hydrogens (tertiary/aromatic N) is 2. The SMILES string of the molecule is COC1CCCC(Oc2ccc(C(CC#N)N3C(=O)c4cc5ccccc5cc4C3=O)cc2)C1. The molecule has 5 rings (SSSR count). The lowest BCUT2D eigenvalue weighted by molar-refractivity contribution is 0.0209. The first kappa shape index (κ1) is 22.1. The topological polar surface area (TPSA) is 79.6 Å². The summed E-state index contributed by atoms with van der Waals surface area (Å²) in [4.78, 5) is 27.8. The Labute approximate surface area is 198 Å². The van der Waals surface area contributed by atoms with Crippen molar-refractivity contribution in [3.05, 3.63) is 77.4 Å². The van der Waals surface area contributed by atoms with Crippen molar-refractivity contribution in [2.75, 3.05) is 7.11 Å². The van der Waals surface area contributed by atoms with E-state index in [1.165, 1.54) is 4.90 Å². The summed E-state index contributed by atoms with van der Waals surface area (Å²) in [6.45, 7) is 0. The Morgan fingerprint density at radius 2 is 1.59 bits per heavy atom. The maximum atomic E-state index is 13.3. The van der Waals surface area contributed by atoms with Crippen molar-refractivity contribution in [2.45, 2.75) is 50.4 Å². The van der Waals surface area contributed by atoms with Crippen LogP contribution in [0.25, 0.3) is 10.8 Å². The quantitative estimate of drug-likeness (QED) is 0.464. The van der Waals surface area contributed by atoms with Crippen LogP contribution in [-0.2, 0) is 4.74 Å². The number of benzene rings is 3. The van der Waals surface area contributed by atoms with E-state index in [1.807, 2.05) is 48.5 Å². The molecule has 3 aromatic carbocycles. The molecule has 34 heavy (non-hydrogen) atoms. The van der Waals surface area contributed by atoms with E-state index in [4.69, 9.17) is 9.47 Å². The standard InChI is InChI=1S/C28H26N2O4/c1-33-22-7-4-8-23(17-22)34-21-11-9-18(10-12-21)26(13-14-29)30-27(31)24-15-19-5-2-3-6-20(19)16-25(24)28(30)32/h2-3,5-6,9-12,15-16,22-23,26H,4,7-8,13,17H2,1H3. The van der Waals surface area contributed by atoms with E-state index >= 15 is 0 Å². The number of ether oxygens (including phenoxy) is 2. The predicted octanol–water partition coefficient (Wildman–Crippen LogP) is 5.43. The van der Waals surface area contributed by atoms with E-state index in [1.54, 1.807) is 19.2 Å². The highest BCUT2D eigenvalue weighted by Crippen LogP contribution is 2.36. The van der Waals surface area contributed by atoms with Crippen LogP contribution in [-0.4, -0.2) is 36.0 Å². The monoisotopic (exact) mass is 454 g/mol. The summed E-state index contributed by atoms with van der Waals surface area (Å²) in [5.74, 6) is 0.00751. The normalized spacial score (nSPS) is 20.8. The Bertz CT molecular complexity index is 1220. The number of amides is 2. The van der Waals surface area contributed by atoms with E-state index in [0.29, 0.717) is 11.1 Å². The summed E-state index contributed by atoms with van der Waals surface area (Å²) >= 11 is 0. The zero-order valence-electron chi connectivity index (χ0n) is 19.1. The zero-order valence-corrected chi connectivity index (χ0v) is 19.1. The lowest BCUT2D eigenvalue weighted by Gasteiger charge is -2.29. The van der Waals surface area contributed by atoms with Gasteiger partial charge < -0.3 is 9.47 Å². The van der Waals surface area contributed by atoms with Crippen molar-refractivity contribution in [3.63, 3.8) is 0 Å². The Hall–Kier alpha value is -3.69. The lowest BCUT2D eigenvalue weighted by Crippen LogP contribution is -2.34. The van der Waals surface area contributed by atoms with Gasteiger partial charge in [-0.1, -0.05) is 36.4 Å². The number of nitriles is 1. The molecule has 2 aliphatic rings. The smallest absolute Gasteiger partial charge is 0.262 e. The molecule has 2 amide bonds. The molecule has 6 heteroatoms. The Kier molecular flexibility index (Phi) is 6.04. The molecule has 3 unspecified atom stereocenters. The van der Waals surface area contributed by atoms with Gasteiger partial charge in [-0.05, 0) is 59.9 Å². The van der Waals surface area contributed by atoms with E-state index in [0.717, 1.165) is 47.8 Å². The molecule has 1 heterocycles. The molecule has 6 nitrogen and oxygen atoms in total. The number of rotatable bonds is 6. The van der Waals surface area contributed by atoms with Gasteiger partial charge in [0.05, 0.1) is 35.8 Å². The third kappa shape index (κ3) is 4.04. The Morgan fingerprint density at radius 1 is 0.971 bits per heavy atom. The van der Waals surface area contributed by atoms with Crippen molar-refractivity contribution >= 4 is 22.6 Å². The van der Waals surface area contributed by atoms with Crippen LogP contribution < -0.4 is 4.74 Å². The molecule has 0 saturated heterocycles. The highest BCUT2D eigenvalue weighted by atomic mass is 16.5. The Balaban J connectivity index is 1.39. The number of carbonyl (C=O) groups is 2. The van der Waals surface area contributed by atoms with Crippen LogP contribution in [0.3, 0.4) is 0 Å². The van der Waals surface area contributed by atoms with Gasteiger partial charge in [0.2, 0.25) is 0 Å². The first-order valence-corrected chi connectivity index (χ1v) is 11.7. The number of hydrogen-bond acceptors (Lipinski definition) is 5. The van der Waals surface area contributed by atoms with E-state index in [9.17, 15) is 14.9 Å². The molecule has 0 bridgehead atoms. The van der Waals surface area contributed by atoms with E-state index in [2.05, 4.69) is 6.07 Å². The van der Waals surface area contributed by atoms with Gasteiger partial charge in [0.15, 0.2) is 0 Å². The fourth-order valence-corrected chi connectivity index (χ4v) is 5.06. The van der Waals surface area contributed by atoms with Crippen molar-refractivity contribution in [1.29, 1.82) is 5.26 Å². The van der Waals surface area contributed by atoms with Crippen LogP contribution in [0.2, 0.25) is 0 Å². The molecule has 0 N–H and O–H groups in total. The van der Waals surface area contributed by atoms with E-state index < -0.39 is 6.04 Å². The van der Waals surface area contributed by atoms with Crippen LogP contribution in [0.1, 0.15) is 64.4 Å². The van der Waals surface area contributed by atoms with Gasteiger partial charge in [-0.25, -0.2) is 0 Å². The molecule has 0 aromatic heterocycles. The molecule has 1 aliphatic carbocycles. The molecule has 1 aliphatic heterocycles. The highest BCUT2D eigenvalue weighted by molar-refractivity contribution is 6.23. The van der Waals surface area contributed by atoms with Crippen LogP contribution in [0.4, 0.5) is 0 Å². The molecule has 3 aromatic rings. The minimum absolute atomic E-state index is 0.0172. The summed E-state index contributed by atoms with van der Waals surface area (Å²) in [6.07, 6.45) is 4.32. The molecule has 0 radical (unpaired) electrons. The summed E-state index contributed by atoms with van der Waals surface area (Å²) in [6, 6.07) is 20.0. The van der Waals surface area contributed by atoms with Crippen LogP contribution in [0.15, 0.2) is 60.7 Å². The zero-order chi connectivity index (χ0) is 23.7. The van der Waals surface area contributed by atoms with Gasteiger partial charge in [-0.15, -0.1) is 0 Å². The second-order valence-electron chi connectivity index (χ2n) is 8.94. The largest absolute Gasteiger partial charge is 0.490 e. The third-order valence-electron chi connectivity index (χ3n) is 6.86. The fourth-order valence-electron chi connectivity index (χ4n) is 5.06. The molecule has 1 fully saturated rings. The number of carbonyl (C=O) groups excluding carboxylic acids is 2. The number of fused-ring (bicyclic) bond motifs is 2. The van der Waals surface area contributed by atoms with Gasteiger partial charge in [-0.3, -0.25) is 14.5 Å². The van der Waals surface area contributed by atoms with Crippen molar-refractivity contribution in [1.82, 2.24) is 4.90 Å². The fraction of sp³-hybridized carbons (Fsp3) is 0.321. The first-order chi connectivity index (χ1) is 16.6. The van der Waals surface area contributed by atoms with Gasteiger partial charge in [0.1, 0.15) is 11.9 Å². The molecule has 3 atom stereocenters. The van der Waals surface area contributed by atoms with Crippen molar-refractivity contribution < 1.29 is 19.1 Å². The van der Waals surface area contributed by atoms with Gasteiger partial charge in [-0.2, -0.15) is 5.26 Å². The highest BCUT2D eigenvalue weighted by Gasteiger charge is 2.40. The van der Waals surface area contributed by atoms with Crippen molar-refractivity contribution in [2.24, 2.45) is 0 Å². The first-order valence-electron chi connectivity index (χ1n) is 11.7. The minimum Gasteiger partial charge on any atom is -0.490 e. The second kappa shape index (κ2) is 9.28. The van der Waals surface area contributed by atoms with Crippen molar-refractivity contribution in [3.8, 4) is 11.8 Å². The number of imide groups is 1. The van der Waals surface area contributed by atoms with Gasteiger partial charge in [0, 0.05) is 13.5 Å². The molecular weight excluding hydrogens is 428 g/mol. The maximum Gasteiger partial charge on any atom is 0.262 e. The maximum absolute atomic E-state index is 13.3. The van der Waals surface area contributed by atoms with Gasteiger partial charge >= 0.3 is 0 Å². The summed E-state index contributed by atoms with van der Waals surface area (Å²) in [7, 11) is 1.74. The predicted molar refractivity (Wildman–Crippen MR) is 128 cm³/mol. The average molecular weight is 455 g/mol. The summed E-state index contributed by atoms with van der Waals surface area (Å²) in [5.41, 5.74) is 1.50. The van der Waals surface area contributed by atoms with Crippen LogP contribution in [0, 0.1) is 11.3 Å². The molecule has 0 spiro atoms.